The maximum absolute atomic E-state index is 13.9. The van der Waals surface area contributed by atoms with Crippen molar-refractivity contribution in [3.05, 3.63) is 65.1 Å². The topological polar surface area (TPSA) is 63.8 Å². The van der Waals surface area contributed by atoms with Gasteiger partial charge in [-0.25, -0.2) is 13.8 Å². The molecule has 1 aromatic carbocycles. The predicted octanol–water partition coefficient (Wildman–Crippen LogP) is 4.48. The number of ether oxygens (including phenoxy) is 1. The van der Waals surface area contributed by atoms with Crippen LogP contribution in [-0.2, 0) is 6.61 Å². The first-order chi connectivity index (χ1) is 14.0. The summed E-state index contributed by atoms with van der Waals surface area (Å²) in [6.45, 7) is 3.40. The highest BCUT2D eigenvalue weighted by molar-refractivity contribution is 5.96. The van der Waals surface area contributed by atoms with Crippen molar-refractivity contribution in [2.75, 3.05) is 6.61 Å². The minimum Gasteiger partial charge on any atom is -0.485 e. The predicted molar refractivity (Wildman–Crippen MR) is 105 cm³/mol. The summed E-state index contributed by atoms with van der Waals surface area (Å²) in [5.41, 5.74) is 1.20. The number of rotatable bonds is 9. The molecule has 0 radical (unpaired) electrons. The van der Waals surface area contributed by atoms with Crippen LogP contribution in [0.1, 0.15) is 47.9 Å². The highest BCUT2D eigenvalue weighted by atomic mass is 19.1. The highest BCUT2D eigenvalue weighted by Gasteiger charge is 2.22. The fourth-order valence-corrected chi connectivity index (χ4v) is 3.45. The quantitative estimate of drug-likeness (QED) is 0.536. The lowest BCUT2D eigenvalue weighted by molar-refractivity contribution is 0.0924. The Kier molecular flexibility index (Phi) is 6.59. The number of carbonyl (C=O) groups excluding carboxylic acids is 1. The third kappa shape index (κ3) is 4.45. The molecule has 0 saturated heterocycles. The molecule has 2 heterocycles. The second kappa shape index (κ2) is 9.13. The van der Waals surface area contributed by atoms with Crippen molar-refractivity contribution in [1.82, 2.24) is 9.38 Å². The zero-order valence-corrected chi connectivity index (χ0v) is 16.5. The number of aromatic nitrogens is 2. The number of imidazole rings is 1. The van der Waals surface area contributed by atoms with E-state index in [1.165, 1.54) is 18.2 Å². The van der Waals surface area contributed by atoms with Gasteiger partial charge in [0.1, 0.15) is 23.9 Å². The molecular formula is C22H24F2N2O3. The molecular weight excluding hydrogens is 378 g/mol. The van der Waals surface area contributed by atoms with Crippen LogP contribution in [0.4, 0.5) is 8.78 Å². The average molecular weight is 402 g/mol. The van der Waals surface area contributed by atoms with Gasteiger partial charge < -0.3 is 9.84 Å². The van der Waals surface area contributed by atoms with E-state index in [1.54, 1.807) is 29.7 Å². The number of fused-ring (bicyclic) bond motifs is 1. The third-order valence-electron chi connectivity index (χ3n) is 4.92. The van der Waals surface area contributed by atoms with Crippen LogP contribution in [0.2, 0.25) is 0 Å². The first kappa shape index (κ1) is 20.9. The number of hydrogen-bond donors (Lipinski definition) is 1. The Labute approximate surface area is 168 Å². The average Bonchev–Trinajstić information content (AvgIpc) is 3.03. The van der Waals surface area contributed by atoms with E-state index < -0.39 is 11.6 Å². The van der Waals surface area contributed by atoms with Gasteiger partial charge in [0.25, 0.3) is 0 Å². The first-order valence-electron chi connectivity index (χ1n) is 9.63. The minimum atomic E-state index is -0.682. The molecule has 0 spiro atoms. The lowest BCUT2D eigenvalue weighted by Crippen LogP contribution is -2.15. The van der Waals surface area contributed by atoms with E-state index in [-0.39, 0.29) is 36.9 Å². The standard InChI is InChI=1S/C22H24F2N2O3/c1-3-6-15(12-27)11-19(28)21-14(2)25-22-20(9-5-10-26(21)22)29-13-16-17(23)7-4-8-18(16)24/h4-5,7-10,15,27H,3,6,11-13H2,1-2H3/t15-/m0/s1. The van der Waals surface area contributed by atoms with Crippen LogP contribution in [0.5, 0.6) is 5.75 Å². The summed E-state index contributed by atoms with van der Waals surface area (Å²) in [7, 11) is 0. The lowest BCUT2D eigenvalue weighted by Gasteiger charge is -2.12. The molecule has 2 aromatic heterocycles. The molecule has 3 rings (SSSR count). The van der Waals surface area contributed by atoms with Crippen LogP contribution in [0.15, 0.2) is 36.5 Å². The van der Waals surface area contributed by atoms with E-state index in [2.05, 4.69) is 4.98 Å². The van der Waals surface area contributed by atoms with Crippen LogP contribution in [0, 0.1) is 24.5 Å². The van der Waals surface area contributed by atoms with Crippen LogP contribution >= 0.6 is 0 Å². The number of benzene rings is 1. The minimum absolute atomic E-state index is 0.0437. The molecule has 0 amide bonds. The SMILES string of the molecule is CCC[C@H](CO)CC(=O)c1c(C)nc2c(OCc3c(F)cccc3F)cccn12. The molecule has 0 aliphatic rings. The number of pyridine rings is 1. The molecule has 0 aliphatic carbocycles. The largest absolute Gasteiger partial charge is 0.485 e. The van der Waals surface area contributed by atoms with Crippen molar-refractivity contribution >= 4 is 11.4 Å². The fraction of sp³-hybridized carbons (Fsp3) is 0.364. The smallest absolute Gasteiger partial charge is 0.181 e. The Morgan fingerprint density at radius 1 is 1.24 bits per heavy atom. The zero-order valence-electron chi connectivity index (χ0n) is 16.5. The number of halogens is 2. The van der Waals surface area contributed by atoms with E-state index >= 15 is 0 Å². The summed E-state index contributed by atoms with van der Waals surface area (Å²) in [6, 6.07) is 6.97. The molecule has 7 heteroatoms. The molecule has 5 nitrogen and oxygen atoms in total. The molecule has 1 atom stereocenters. The zero-order chi connectivity index (χ0) is 21.0. The van der Waals surface area contributed by atoms with Crippen molar-refractivity contribution in [3.63, 3.8) is 0 Å². The number of aliphatic hydroxyl groups excluding tert-OH is 1. The van der Waals surface area contributed by atoms with Gasteiger partial charge in [-0.15, -0.1) is 0 Å². The van der Waals surface area contributed by atoms with E-state index in [1.807, 2.05) is 6.92 Å². The molecule has 29 heavy (non-hydrogen) atoms. The Hall–Kier alpha value is -2.80. The van der Waals surface area contributed by atoms with E-state index in [0.717, 1.165) is 12.8 Å². The number of carbonyl (C=O) groups is 1. The number of nitrogens with zero attached hydrogens (tertiary/aromatic N) is 2. The van der Waals surface area contributed by atoms with Gasteiger partial charge in [-0.2, -0.15) is 0 Å². The van der Waals surface area contributed by atoms with Crippen molar-refractivity contribution in [2.24, 2.45) is 5.92 Å². The molecule has 154 valence electrons. The monoisotopic (exact) mass is 402 g/mol. The van der Waals surface area contributed by atoms with Gasteiger partial charge in [-0.3, -0.25) is 9.20 Å². The van der Waals surface area contributed by atoms with Gasteiger partial charge in [0.05, 0.1) is 11.3 Å². The van der Waals surface area contributed by atoms with Crippen LogP contribution in [-0.4, -0.2) is 26.9 Å². The lowest BCUT2D eigenvalue weighted by atomic mass is 9.96. The van der Waals surface area contributed by atoms with Gasteiger partial charge in [0.2, 0.25) is 0 Å². The van der Waals surface area contributed by atoms with Crippen molar-refractivity contribution < 1.29 is 23.4 Å². The van der Waals surface area contributed by atoms with Crippen molar-refractivity contribution in [3.8, 4) is 5.75 Å². The maximum Gasteiger partial charge on any atom is 0.181 e. The van der Waals surface area contributed by atoms with Gasteiger partial charge in [0, 0.05) is 19.2 Å². The summed E-state index contributed by atoms with van der Waals surface area (Å²) in [6.07, 6.45) is 3.58. The summed E-state index contributed by atoms with van der Waals surface area (Å²) < 4.78 is 35.0. The van der Waals surface area contributed by atoms with Gasteiger partial charge in [-0.1, -0.05) is 19.4 Å². The Morgan fingerprint density at radius 3 is 2.62 bits per heavy atom. The molecule has 0 aliphatic heterocycles. The Bertz CT molecular complexity index is 996. The normalized spacial score (nSPS) is 12.3. The van der Waals surface area contributed by atoms with E-state index in [9.17, 15) is 18.7 Å². The summed E-state index contributed by atoms with van der Waals surface area (Å²) in [5.74, 6) is -1.25. The summed E-state index contributed by atoms with van der Waals surface area (Å²) in [4.78, 5) is 17.3. The van der Waals surface area contributed by atoms with Crippen molar-refractivity contribution in [2.45, 2.75) is 39.7 Å². The van der Waals surface area contributed by atoms with Gasteiger partial charge in [0.15, 0.2) is 17.2 Å². The number of hydrogen-bond acceptors (Lipinski definition) is 4. The maximum atomic E-state index is 13.9. The number of aliphatic hydroxyl groups is 1. The third-order valence-corrected chi connectivity index (χ3v) is 4.92. The molecule has 3 aromatic rings. The van der Waals surface area contributed by atoms with Gasteiger partial charge in [-0.05, 0) is 43.5 Å². The second-order valence-corrected chi connectivity index (χ2v) is 7.07. The Balaban J connectivity index is 1.88. The summed E-state index contributed by atoms with van der Waals surface area (Å²) in [5, 5.41) is 9.50. The second-order valence-electron chi connectivity index (χ2n) is 7.07. The van der Waals surface area contributed by atoms with E-state index in [4.69, 9.17) is 4.74 Å². The number of ketones is 1. The molecule has 0 unspecified atom stereocenters. The summed E-state index contributed by atoms with van der Waals surface area (Å²) >= 11 is 0. The first-order valence-corrected chi connectivity index (χ1v) is 9.63. The van der Waals surface area contributed by atoms with E-state index in [0.29, 0.717) is 22.8 Å². The van der Waals surface area contributed by atoms with Crippen LogP contribution < -0.4 is 4.74 Å². The molecule has 0 saturated carbocycles. The Morgan fingerprint density at radius 2 is 1.97 bits per heavy atom. The molecule has 0 bridgehead atoms. The van der Waals surface area contributed by atoms with Crippen LogP contribution in [0.25, 0.3) is 5.65 Å². The van der Waals surface area contributed by atoms with Crippen molar-refractivity contribution in [1.29, 1.82) is 0 Å². The fourth-order valence-electron chi connectivity index (χ4n) is 3.45. The molecule has 0 fully saturated rings. The highest BCUT2D eigenvalue weighted by Crippen LogP contribution is 2.26. The molecule has 1 N–H and O–H groups in total. The van der Waals surface area contributed by atoms with Gasteiger partial charge >= 0.3 is 0 Å². The number of aryl methyl sites for hydroxylation is 1. The van der Waals surface area contributed by atoms with Crippen LogP contribution in [0.3, 0.4) is 0 Å². The number of Topliss-reactive ketones (excluding diaryl/α,β-unsaturated/α-hetero) is 1.